The molecule has 0 heterocycles. The first-order valence-electron chi connectivity index (χ1n) is 3.55. The van der Waals surface area contributed by atoms with Crippen LogP contribution < -0.4 is 9.47 Å². The number of hydrogen-bond donors (Lipinski definition) is 1. The van der Waals surface area contributed by atoms with Gasteiger partial charge in [-0.15, -0.1) is 0 Å². The molecule has 4 nitrogen and oxygen atoms in total. The molecule has 0 N–H and O–H groups in total. The third-order valence-electron chi connectivity index (χ3n) is 1.58. The maximum atomic E-state index is 10.6. The minimum Gasteiger partial charge on any atom is -0.493 e. The molecule has 5 heteroatoms. The molecule has 0 saturated carbocycles. The summed E-state index contributed by atoms with van der Waals surface area (Å²) in [5.41, 5.74) is 0. The Morgan fingerprint density at radius 3 is 2.15 bits per heavy atom. The fraction of sp³-hybridized carbons (Fsp3) is 0.250. The summed E-state index contributed by atoms with van der Waals surface area (Å²) in [5.74, 6) is 0.933. The Hall–Kier alpha value is -1.23. The van der Waals surface area contributed by atoms with Gasteiger partial charge < -0.3 is 9.47 Å². The molecule has 0 bridgehead atoms. The van der Waals surface area contributed by atoms with Crippen molar-refractivity contribution in [3.63, 3.8) is 0 Å². The highest BCUT2D eigenvalue weighted by Crippen LogP contribution is 2.27. The lowest BCUT2D eigenvalue weighted by molar-refractivity contribution is 0.354. The largest absolute Gasteiger partial charge is 0.493 e. The Morgan fingerprint density at radius 2 is 1.69 bits per heavy atom. The minimum absolute atomic E-state index is 0.215. The van der Waals surface area contributed by atoms with Crippen LogP contribution in [0.25, 0.3) is 0 Å². The van der Waals surface area contributed by atoms with Crippen LogP contribution in [0.4, 0.5) is 0 Å². The van der Waals surface area contributed by atoms with Gasteiger partial charge in [0.05, 0.1) is 19.1 Å². The maximum absolute atomic E-state index is 10.6. The fourth-order valence-electron chi connectivity index (χ4n) is 0.938. The van der Waals surface area contributed by atoms with Crippen LogP contribution in [0.2, 0.25) is 0 Å². The molecule has 1 rings (SSSR count). The number of ether oxygens (including phenoxy) is 2. The van der Waals surface area contributed by atoms with E-state index in [1.807, 2.05) is 0 Å². The molecular weight excluding hydrogens is 192 g/mol. The molecule has 0 aromatic heterocycles. The summed E-state index contributed by atoms with van der Waals surface area (Å²) in [6.07, 6.45) is 0. The van der Waals surface area contributed by atoms with E-state index >= 15 is 0 Å². The second-order valence-electron chi connectivity index (χ2n) is 2.30. The summed E-state index contributed by atoms with van der Waals surface area (Å²) in [6, 6.07) is 4.44. The lowest BCUT2D eigenvalue weighted by Crippen LogP contribution is -1.91. The van der Waals surface area contributed by atoms with Crippen LogP contribution in [-0.2, 0) is 10.7 Å². The third-order valence-corrected chi connectivity index (χ3v) is 2.28. The molecular formula is C8H10O4S. The van der Waals surface area contributed by atoms with E-state index in [1.54, 1.807) is 6.07 Å². The van der Waals surface area contributed by atoms with Gasteiger partial charge in [-0.2, -0.15) is 0 Å². The molecule has 0 amide bonds. The number of rotatable bonds is 3. The first-order chi connectivity index (χ1) is 6.19. The summed E-state index contributed by atoms with van der Waals surface area (Å²) in [7, 11) is 0.382. The minimum atomic E-state index is -2.57. The highest BCUT2D eigenvalue weighted by atomic mass is 32.2. The van der Waals surface area contributed by atoms with Crippen LogP contribution in [0.5, 0.6) is 11.5 Å². The lowest BCUT2D eigenvalue weighted by atomic mass is 10.3. The Kier molecular flexibility index (Phi) is 3.13. The average molecular weight is 202 g/mol. The van der Waals surface area contributed by atoms with Gasteiger partial charge in [-0.1, -0.05) is 0 Å². The van der Waals surface area contributed by atoms with Crippen molar-refractivity contribution in [1.29, 1.82) is 0 Å². The summed E-state index contributed by atoms with van der Waals surface area (Å²) >= 11 is 0. The summed E-state index contributed by atoms with van der Waals surface area (Å²) < 4.78 is 31.1. The Balaban J connectivity index is 3.20. The second kappa shape index (κ2) is 4.13. The molecule has 1 aromatic rings. The van der Waals surface area contributed by atoms with E-state index in [4.69, 9.17) is 9.47 Å². The summed E-state index contributed by atoms with van der Waals surface area (Å²) in [4.78, 5) is 0.215. The number of benzene rings is 1. The van der Waals surface area contributed by atoms with Gasteiger partial charge in [0.2, 0.25) is 0 Å². The standard InChI is InChI=1S/C8H10O4S/c1-11-7-4-3-6(13(9)10)5-8(7)12-2/h3-5,13H,1-2H3. The Labute approximate surface area is 78.0 Å². The van der Waals surface area contributed by atoms with Gasteiger partial charge in [0.15, 0.2) is 22.2 Å². The van der Waals surface area contributed by atoms with Crippen LogP contribution in [0.1, 0.15) is 0 Å². The van der Waals surface area contributed by atoms with Gasteiger partial charge in [-0.05, 0) is 12.1 Å². The van der Waals surface area contributed by atoms with Crippen molar-refractivity contribution in [2.75, 3.05) is 14.2 Å². The van der Waals surface area contributed by atoms with Crippen molar-refractivity contribution in [2.24, 2.45) is 0 Å². The van der Waals surface area contributed by atoms with E-state index in [0.717, 1.165) is 0 Å². The smallest absolute Gasteiger partial charge is 0.168 e. The van der Waals surface area contributed by atoms with E-state index in [9.17, 15) is 8.42 Å². The molecule has 13 heavy (non-hydrogen) atoms. The van der Waals surface area contributed by atoms with Crippen LogP contribution >= 0.6 is 0 Å². The second-order valence-corrected chi connectivity index (χ2v) is 3.33. The molecule has 0 spiro atoms. The summed E-state index contributed by atoms with van der Waals surface area (Å²) in [6.45, 7) is 0. The zero-order chi connectivity index (χ0) is 9.84. The van der Waals surface area contributed by atoms with Gasteiger partial charge in [-0.3, -0.25) is 0 Å². The van der Waals surface area contributed by atoms with Gasteiger partial charge in [-0.25, -0.2) is 8.42 Å². The molecule has 72 valence electrons. The highest BCUT2D eigenvalue weighted by molar-refractivity contribution is 7.72. The number of hydrogen-bond acceptors (Lipinski definition) is 4. The SMILES string of the molecule is COc1ccc([SH](=O)=O)cc1OC. The van der Waals surface area contributed by atoms with Crippen molar-refractivity contribution in [2.45, 2.75) is 4.90 Å². The topological polar surface area (TPSA) is 52.6 Å². The highest BCUT2D eigenvalue weighted by Gasteiger charge is 2.04. The monoisotopic (exact) mass is 202 g/mol. The summed E-state index contributed by atoms with van der Waals surface area (Å²) in [5, 5.41) is 0. The van der Waals surface area contributed by atoms with E-state index in [0.29, 0.717) is 11.5 Å². The van der Waals surface area contributed by atoms with Crippen molar-refractivity contribution in [3.05, 3.63) is 18.2 Å². The lowest BCUT2D eigenvalue weighted by Gasteiger charge is -2.06. The van der Waals surface area contributed by atoms with E-state index in [1.165, 1.54) is 26.4 Å². The average Bonchev–Trinajstić information content (AvgIpc) is 2.16. The van der Waals surface area contributed by atoms with Crippen molar-refractivity contribution < 1.29 is 17.9 Å². The maximum Gasteiger partial charge on any atom is 0.168 e. The van der Waals surface area contributed by atoms with Crippen molar-refractivity contribution in [3.8, 4) is 11.5 Å². The molecule has 0 aliphatic carbocycles. The van der Waals surface area contributed by atoms with Crippen LogP contribution in [-0.4, -0.2) is 22.6 Å². The molecule has 0 saturated heterocycles. The molecule has 0 atom stereocenters. The fourth-order valence-corrected chi connectivity index (χ4v) is 1.36. The predicted octanol–water partition coefficient (Wildman–Crippen LogP) is 0.674. The van der Waals surface area contributed by atoms with Crippen LogP contribution in [0.3, 0.4) is 0 Å². The Bertz CT molecular complexity index is 362. The van der Waals surface area contributed by atoms with Crippen molar-refractivity contribution in [1.82, 2.24) is 0 Å². The van der Waals surface area contributed by atoms with Crippen LogP contribution in [0, 0.1) is 0 Å². The molecule has 0 aliphatic heterocycles. The normalized spacial score (nSPS) is 10.1. The molecule has 0 radical (unpaired) electrons. The van der Waals surface area contributed by atoms with Gasteiger partial charge in [0.25, 0.3) is 0 Å². The third kappa shape index (κ3) is 2.12. The molecule has 1 aromatic carbocycles. The molecule has 0 unspecified atom stereocenters. The van der Waals surface area contributed by atoms with E-state index in [2.05, 4.69) is 0 Å². The zero-order valence-electron chi connectivity index (χ0n) is 7.31. The van der Waals surface area contributed by atoms with Gasteiger partial charge >= 0.3 is 0 Å². The van der Waals surface area contributed by atoms with Gasteiger partial charge in [0, 0.05) is 6.07 Å². The zero-order valence-corrected chi connectivity index (χ0v) is 8.21. The van der Waals surface area contributed by atoms with E-state index < -0.39 is 10.7 Å². The molecule has 0 aliphatic rings. The van der Waals surface area contributed by atoms with Crippen LogP contribution in [0.15, 0.2) is 23.1 Å². The van der Waals surface area contributed by atoms with E-state index in [-0.39, 0.29) is 4.90 Å². The quantitative estimate of drug-likeness (QED) is 0.732. The Morgan fingerprint density at radius 1 is 1.08 bits per heavy atom. The first-order valence-corrected chi connectivity index (χ1v) is 4.73. The molecule has 0 fully saturated rings. The van der Waals surface area contributed by atoms with Crippen molar-refractivity contribution >= 4 is 10.7 Å². The number of methoxy groups -OCH3 is 2. The first kappa shape index (κ1) is 9.85. The predicted molar refractivity (Wildman–Crippen MR) is 48.1 cm³/mol. The van der Waals surface area contributed by atoms with Gasteiger partial charge in [0.1, 0.15) is 0 Å². The number of thiol groups is 1.